The number of hydrazine groups is 1. The van der Waals surface area contributed by atoms with Crippen molar-refractivity contribution < 1.29 is 14.4 Å². The molecule has 130 valence electrons. The fourth-order valence-corrected chi connectivity index (χ4v) is 4.83. The van der Waals surface area contributed by atoms with Gasteiger partial charge in [0.2, 0.25) is 0 Å². The summed E-state index contributed by atoms with van der Waals surface area (Å²) >= 11 is 1.49. The first-order chi connectivity index (χ1) is 12.0. The molecule has 2 aromatic heterocycles. The molecule has 0 spiro atoms. The molecule has 2 aliphatic rings. The molecule has 2 aliphatic carbocycles. The number of rotatable bonds is 2. The van der Waals surface area contributed by atoms with Gasteiger partial charge in [-0.2, -0.15) is 0 Å². The SMILES string of the molecule is Cc1c(C(=O)NNC(=O)c2cc3c(s2)CCC3)[nH]c2c1C(=O)CCC2. The summed E-state index contributed by atoms with van der Waals surface area (Å²) in [5.74, 6) is -0.666. The number of hydrogen-bond donors (Lipinski definition) is 3. The second kappa shape index (κ2) is 6.15. The molecule has 25 heavy (non-hydrogen) atoms. The largest absolute Gasteiger partial charge is 0.354 e. The number of aromatic nitrogens is 1. The van der Waals surface area contributed by atoms with E-state index in [9.17, 15) is 14.4 Å². The standard InChI is InChI=1S/C18H19N3O3S/c1-9-15-11(5-3-6-12(15)22)19-16(9)18(24)21-20-17(23)14-8-10-4-2-7-13(10)25-14/h8,19H,2-7H2,1H3,(H,20,23)(H,21,24). The fraction of sp³-hybridized carbons (Fsp3) is 0.389. The highest BCUT2D eigenvalue weighted by Crippen LogP contribution is 2.30. The van der Waals surface area contributed by atoms with Crippen LogP contribution in [0.5, 0.6) is 0 Å². The number of carbonyl (C=O) groups excluding carboxylic acids is 3. The maximum atomic E-state index is 12.4. The molecule has 0 saturated carbocycles. The zero-order valence-electron chi connectivity index (χ0n) is 14.0. The fourth-order valence-electron chi connectivity index (χ4n) is 3.68. The number of aromatic amines is 1. The van der Waals surface area contributed by atoms with Crippen LogP contribution in [-0.4, -0.2) is 22.6 Å². The minimum absolute atomic E-state index is 0.0752. The summed E-state index contributed by atoms with van der Waals surface area (Å²) in [6.07, 6.45) is 5.28. The van der Waals surface area contributed by atoms with Gasteiger partial charge in [0.25, 0.3) is 11.8 Å². The highest BCUT2D eigenvalue weighted by Gasteiger charge is 2.26. The molecular weight excluding hydrogens is 338 g/mol. The average Bonchev–Trinajstić information content (AvgIpc) is 3.26. The summed E-state index contributed by atoms with van der Waals surface area (Å²) in [6, 6.07) is 1.91. The van der Waals surface area contributed by atoms with E-state index in [1.54, 1.807) is 6.92 Å². The Morgan fingerprint density at radius 2 is 1.84 bits per heavy atom. The number of aryl methyl sites for hydroxylation is 3. The third-order valence-corrected chi connectivity index (χ3v) is 6.16. The van der Waals surface area contributed by atoms with E-state index in [-0.39, 0.29) is 11.7 Å². The van der Waals surface area contributed by atoms with Gasteiger partial charge in [0.15, 0.2) is 5.78 Å². The molecule has 0 atom stereocenters. The number of Topliss-reactive ketones (excluding diaryl/α,β-unsaturated/α-hetero) is 1. The molecule has 0 unspecified atom stereocenters. The topological polar surface area (TPSA) is 91.1 Å². The number of carbonyl (C=O) groups is 3. The van der Waals surface area contributed by atoms with Gasteiger partial charge in [-0.1, -0.05) is 0 Å². The molecule has 0 saturated heterocycles. The summed E-state index contributed by atoms with van der Waals surface area (Å²) in [7, 11) is 0. The van der Waals surface area contributed by atoms with E-state index in [0.717, 1.165) is 37.8 Å². The van der Waals surface area contributed by atoms with Crippen LogP contribution in [-0.2, 0) is 19.3 Å². The minimum atomic E-state index is -0.433. The zero-order valence-corrected chi connectivity index (χ0v) is 14.8. The van der Waals surface area contributed by atoms with Crippen molar-refractivity contribution in [1.82, 2.24) is 15.8 Å². The first-order valence-electron chi connectivity index (χ1n) is 8.51. The van der Waals surface area contributed by atoms with Crippen molar-refractivity contribution in [3.05, 3.63) is 43.9 Å². The first kappa shape index (κ1) is 16.1. The van der Waals surface area contributed by atoms with Gasteiger partial charge in [-0.05, 0) is 56.2 Å². The Kier molecular flexibility index (Phi) is 3.95. The van der Waals surface area contributed by atoms with Gasteiger partial charge in [0.1, 0.15) is 5.69 Å². The normalized spacial score (nSPS) is 15.6. The molecule has 4 rings (SSSR count). The minimum Gasteiger partial charge on any atom is -0.354 e. The molecule has 6 nitrogen and oxygen atoms in total. The molecule has 7 heteroatoms. The van der Waals surface area contributed by atoms with Crippen molar-refractivity contribution in [1.29, 1.82) is 0 Å². The van der Waals surface area contributed by atoms with Gasteiger partial charge in [-0.25, -0.2) is 0 Å². The summed E-state index contributed by atoms with van der Waals surface area (Å²) in [5.41, 5.74) is 8.62. The predicted molar refractivity (Wildman–Crippen MR) is 94.1 cm³/mol. The van der Waals surface area contributed by atoms with Crippen LogP contribution in [0.2, 0.25) is 0 Å². The van der Waals surface area contributed by atoms with Crippen LogP contribution in [0.3, 0.4) is 0 Å². The van der Waals surface area contributed by atoms with Crippen LogP contribution < -0.4 is 10.9 Å². The van der Waals surface area contributed by atoms with Crippen LogP contribution >= 0.6 is 11.3 Å². The molecule has 2 heterocycles. The molecule has 2 amide bonds. The van der Waals surface area contributed by atoms with Crippen molar-refractivity contribution in [3.63, 3.8) is 0 Å². The van der Waals surface area contributed by atoms with Crippen LogP contribution in [0.1, 0.15) is 71.5 Å². The van der Waals surface area contributed by atoms with Crippen molar-refractivity contribution in [3.8, 4) is 0 Å². The van der Waals surface area contributed by atoms with Crippen LogP contribution in [0.4, 0.5) is 0 Å². The average molecular weight is 357 g/mol. The van der Waals surface area contributed by atoms with Crippen LogP contribution in [0, 0.1) is 6.92 Å². The number of hydrogen-bond acceptors (Lipinski definition) is 4. The van der Waals surface area contributed by atoms with Crippen LogP contribution in [0.25, 0.3) is 0 Å². The Hall–Kier alpha value is -2.41. The van der Waals surface area contributed by atoms with Crippen molar-refractivity contribution in [2.24, 2.45) is 0 Å². The van der Waals surface area contributed by atoms with Crippen LogP contribution in [0.15, 0.2) is 6.07 Å². The number of thiophene rings is 1. The van der Waals surface area contributed by atoms with Crippen molar-refractivity contribution in [2.45, 2.75) is 45.4 Å². The Morgan fingerprint density at radius 3 is 2.60 bits per heavy atom. The second-order valence-corrected chi connectivity index (χ2v) is 7.71. The lowest BCUT2D eigenvalue weighted by molar-refractivity contribution is 0.0846. The Labute approximate surface area is 149 Å². The number of nitrogens with one attached hydrogen (secondary N) is 3. The summed E-state index contributed by atoms with van der Waals surface area (Å²) in [4.78, 5) is 41.6. The maximum Gasteiger partial charge on any atom is 0.286 e. The predicted octanol–water partition coefficient (Wildman–Crippen LogP) is 2.47. The Balaban J connectivity index is 1.45. The number of amides is 2. The lowest BCUT2D eigenvalue weighted by Gasteiger charge is -2.09. The van der Waals surface area contributed by atoms with Gasteiger partial charge in [0, 0.05) is 22.6 Å². The lowest BCUT2D eigenvalue weighted by Crippen LogP contribution is -2.41. The molecule has 0 aromatic carbocycles. The maximum absolute atomic E-state index is 12.4. The van der Waals surface area contributed by atoms with Crippen molar-refractivity contribution >= 4 is 28.9 Å². The summed E-state index contributed by atoms with van der Waals surface area (Å²) in [5, 5.41) is 0. The van der Waals surface area contributed by atoms with Crippen molar-refractivity contribution in [2.75, 3.05) is 0 Å². The van der Waals surface area contributed by atoms with E-state index in [1.807, 2.05) is 6.07 Å². The second-order valence-electron chi connectivity index (χ2n) is 6.58. The number of H-pyrrole nitrogens is 1. The van der Waals surface area contributed by atoms with E-state index in [0.29, 0.717) is 28.1 Å². The highest BCUT2D eigenvalue weighted by molar-refractivity contribution is 7.14. The summed E-state index contributed by atoms with van der Waals surface area (Å²) < 4.78 is 0. The lowest BCUT2D eigenvalue weighted by atomic mass is 9.94. The van der Waals surface area contributed by atoms with Gasteiger partial charge in [0.05, 0.1) is 4.88 Å². The monoisotopic (exact) mass is 357 g/mol. The quantitative estimate of drug-likeness (QED) is 0.721. The molecule has 0 fully saturated rings. The van der Waals surface area contributed by atoms with Gasteiger partial charge in [-0.3, -0.25) is 25.2 Å². The van der Waals surface area contributed by atoms with E-state index in [2.05, 4.69) is 15.8 Å². The van der Waals surface area contributed by atoms with E-state index >= 15 is 0 Å². The summed E-state index contributed by atoms with van der Waals surface area (Å²) in [6.45, 7) is 1.76. The third kappa shape index (κ3) is 2.78. The molecule has 0 radical (unpaired) electrons. The molecular formula is C18H19N3O3S. The van der Waals surface area contributed by atoms with Gasteiger partial charge >= 0.3 is 0 Å². The van der Waals surface area contributed by atoms with E-state index in [1.165, 1.54) is 21.8 Å². The Morgan fingerprint density at radius 1 is 1.08 bits per heavy atom. The molecule has 2 aromatic rings. The highest BCUT2D eigenvalue weighted by atomic mass is 32.1. The van der Waals surface area contributed by atoms with Gasteiger partial charge < -0.3 is 4.98 Å². The van der Waals surface area contributed by atoms with E-state index < -0.39 is 5.91 Å². The van der Waals surface area contributed by atoms with E-state index in [4.69, 9.17) is 0 Å². The molecule has 3 N–H and O–H groups in total. The number of fused-ring (bicyclic) bond motifs is 2. The smallest absolute Gasteiger partial charge is 0.286 e. The Bertz CT molecular complexity index is 872. The third-order valence-electron chi connectivity index (χ3n) is 4.92. The van der Waals surface area contributed by atoms with Gasteiger partial charge in [-0.15, -0.1) is 11.3 Å². The molecule has 0 aliphatic heterocycles. The zero-order chi connectivity index (χ0) is 17.6. The number of ketones is 1. The molecule has 0 bridgehead atoms. The first-order valence-corrected chi connectivity index (χ1v) is 9.33.